The second-order valence-corrected chi connectivity index (χ2v) is 4.63. The molecule has 0 fully saturated rings. The van der Waals surface area contributed by atoms with Crippen molar-refractivity contribution in [3.8, 4) is 0 Å². The summed E-state index contributed by atoms with van der Waals surface area (Å²) in [6, 6.07) is 5.70. The van der Waals surface area contributed by atoms with Crippen molar-refractivity contribution < 1.29 is 14.0 Å². The first-order valence-corrected chi connectivity index (χ1v) is 6.98. The first kappa shape index (κ1) is 14.0. The third-order valence-electron chi connectivity index (χ3n) is 2.61. The van der Waals surface area contributed by atoms with Crippen molar-refractivity contribution in [2.75, 3.05) is 11.2 Å². The van der Waals surface area contributed by atoms with E-state index in [9.17, 15) is 14.4 Å². The number of alkyl halides is 2. The summed E-state index contributed by atoms with van der Waals surface area (Å²) in [5.41, 5.74) is 0.183. The minimum Gasteiger partial charge on any atom is -0.423 e. The summed E-state index contributed by atoms with van der Waals surface area (Å²) >= 11 is 8.53. The second-order valence-electron chi connectivity index (χ2n) is 3.80. The number of rotatable bonds is 4. The van der Waals surface area contributed by atoms with E-state index in [1.807, 2.05) is 0 Å². The van der Waals surface area contributed by atoms with E-state index in [0.717, 1.165) is 6.07 Å². The molecule has 0 spiro atoms. The summed E-state index contributed by atoms with van der Waals surface area (Å²) in [5.74, 6) is -0.659. The lowest BCUT2D eigenvalue weighted by molar-refractivity contribution is 0.101. The summed E-state index contributed by atoms with van der Waals surface area (Å²) < 4.78 is 5.01. The van der Waals surface area contributed by atoms with Gasteiger partial charge in [-0.15, -0.1) is 11.6 Å². The smallest absolute Gasteiger partial charge is 0.336 e. The average molecular weight is 344 g/mol. The number of hydrogen-bond acceptors (Lipinski definition) is 4. The van der Waals surface area contributed by atoms with Crippen LogP contribution in [0.3, 0.4) is 0 Å². The predicted octanol–water partition coefficient (Wildman–Crippen LogP) is 2.79. The zero-order chi connectivity index (χ0) is 14.0. The van der Waals surface area contributed by atoms with E-state index in [1.165, 1.54) is 6.07 Å². The Labute approximate surface area is 121 Å². The van der Waals surface area contributed by atoms with Gasteiger partial charge in [-0.3, -0.25) is 9.59 Å². The minimum absolute atomic E-state index is 0.105. The Morgan fingerprint density at radius 2 is 1.95 bits per heavy atom. The van der Waals surface area contributed by atoms with Crippen molar-refractivity contribution in [2.45, 2.75) is 0 Å². The van der Waals surface area contributed by atoms with Crippen LogP contribution < -0.4 is 5.63 Å². The molecule has 0 unspecified atom stereocenters. The Balaban J connectivity index is 2.71. The van der Waals surface area contributed by atoms with Gasteiger partial charge >= 0.3 is 5.63 Å². The highest BCUT2D eigenvalue weighted by atomic mass is 79.9. The van der Waals surface area contributed by atoms with Crippen LogP contribution in [0.2, 0.25) is 0 Å². The van der Waals surface area contributed by atoms with E-state index in [0.29, 0.717) is 10.9 Å². The molecule has 4 nitrogen and oxygen atoms in total. The van der Waals surface area contributed by atoms with Gasteiger partial charge in [-0.2, -0.15) is 0 Å². The van der Waals surface area contributed by atoms with Crippen molar-refractivity contribution in [3.05, 3.63) is 45.8 Å². The number of carbonyl (C=O) groups excluding carboxylic acids is 2. The van der Waals surface area contributed by atoms with E-state index in [2.05, 4.69) is 15.9 Å². The van der Waals surface area contributed by atoms with Gasteiger partial charge in [-0.1, -0.05) is 22.0 Å². The minimum atomic E-state index is -0.632. The zero-order valence-electron chi connectivity index (χ0n) is 9.61. The van der Waals surface area contributed by atoms with E-state index in [-0.39, 0.29) is 33.9 Å². The predicted molar refractivity (Wildman–Crippen MR) is 75.7 cm³/mol. The number of Topliss-reactive ketones (excluding diaryl/α,β-unsaturated/α-hetero) is 2. The highest BCUT2D eigenvalue weighted by Gasteiger charge is 2.14. The fourth-order valence-electron chi connectivity index (χ4n) is 1.72. The molecule has 0 radical (unpaired) electrons. The van der Waals surface area contributed by atoms with Gasteiger partial charge in [0.2, 0.25) is 0 Å². The summed E-state index contributed by atoms with van der Waals surface area (Å²) in [6.07, 6.45) is 0. The molecule has 0 saturated heterocycles. The molecule has 0 saturated carbocycles. The van der Waals surface area contributed by atoms with Crippen LogP contribution in [0.25, 0.3) is 11.0 Å². The first-order valence-electron chi connectivity index (χ1n) is 5.33. The largest absolute Gasteiger partial charge is 0.423 e. The first-order chi connectivity index (χ1) is 9.06. The highest BCUT2D eigenvalue weighted by Crippen LogP contribution is 2.20. The molecule has 0 aliphatic carbocycles. The van der Waals surface area contributed by atoms with E-state index in [4.69, 9.17) is 16.0 Å². The molecule has 2 aromatic rings. The van der Waals surface area contributed by atoms with Crippen molar-refractivity contribution in [3.63, 3.8) is 0 Å². The number of fused-ring (bicyclic) bond motifs is 1. The zero-order valence-corrected chi connectivity index (χ0v) is 12.0. The Morgan fingerprint density at radius 1 is 1.21 bits per heavy atom. The van der Waals surface area contributed by atoms with Crippen LogP contribution in [0.5, 0.6) is 0 Å². The topological polar surface area (TPSA) is 64.3 Å². The molecular weight excluding hydrogens is 335 g/mol. The summed E-state index contributed by atoms with van der Waals surface area (Å²) in [6.45, 7) is 0. The standard InChI is InChI=1S/C13H8BrClO4/c14-5-10(16)9-4-13(18)19-12-3-7(11(17)6-15)1-2-8(9)12/h1-4H,5-6H2. The molecule has 0 N–H and O–H groups in total. The lowest BCUT2D eigenvalue weighted by Gasteiger charge is -2.04. The van der Waals surface area contributed by atoms with Crippen LogP contribution in [0.15, 0.2) is 33.5 Å². The van der Waals surface area contributed by atoms with Gasteiger partial charge in [0.15, 0.2) is 11.6 Å². The molecule has 0 aliphatic heterocycles. The molecule has 98 valence electrons. The number of halogens is 2. The summed E-state index contributed by atoms with van der Waals surface area (Å²) in [7, 11) is 0. The SMILES string of the molecule is O=C(CCl)c1ccc2c(C(=O)CBr)cc(=O)oc2c1. The fourth-order valence-corrected chi connectivity index (χ4v) is 2.17. The molecule has 1 heterocycles. The lowest BCUT2D eigenvalue weighted by Crippen LogP contribution is -2.08. The Kier molecular flexibility index (Phi) is 4.17. The molecule has 6 heteroatoms. The second kappa shape index (κ2) is 5.67. The average Bonchev–Trinajstić information content (AvgIpc) is 2.43. The van der Waals surface area contributed by atoms with Gasteiger partial charge in [0.05, 0.1) is 11.2 Å². The van der Waals surface area contributed by atoms with E-state index >= 15 is 0 Å². The van der Waals surface area contributed by atoms with E-state index < -0.39 is 5.63 Å². The number of hydrogen-bond donors (Lipinski definition) is 0. The van der Waals surface area contributed by atoms with Gasteiger partial charge in [-0.05, 0) is 12.1 Å². The molecule has 0 bridgehead atoms. The maximum Gasteiger partial charge on any atom is 0.336 e. The number of carbonyl (C=O) groups is 2. The van der Waals surface area contributed by atoms with Gasteiger partial charge in [0.1, 0.15) is 5.58 Å². The van der Waals surface area contributed by atoms with Gasteiger partial charge < -0.3 is 4.42 Å². The molecule has 19 heavy (non-hydrogen) atoms. The molecule has 0 aliphatic rings. The van der Waals surface area contributed by atoms with Crippen molar-refractivity contribution in [1.82, 2.24) is 0 Å². The van der Waals surface area contributed by atoms with Gasteiger partial charge in [-0.25, -0.2) is 4.79 Å². The Bertz CT molecular complexity index is 720. The monoisotopic (exact) mass is 342 g/mol. The molecule has 2 rings (SSSR count). The third kappa shape index (κ3) is 2.77. The van der Waals surface area contributed by atoms with Crippen molar-refractivity contribution in [2.24, 2.45) is 0 Å². The maximum absolute atomic E-state index is 11.7. The Morgan fingerprint density at radius 3 is 2.58 bits per heavy atom. The number of benzene rings is 1. The summed E-state index contributed by atoms with van der Waals surface area (Å²) in [5, 5.41) is 0.601. The van der Waals surface area contributed by atoms with Crippen LogP contribution in [-0.4, -0.2) is 22.8 Å². The highest BCUT2D eigenvalue weighted by molar-refractivity contribution is 9.09. The van der Waals surface area contributed by atoms with Crippen molar-refractivity contribution >= 4 is 50.1 Å². The lowest BCUT2D eigenvalue weighted by atomic mass is 10.0. The molecule has 1 aromatic carbocycles. The quantitative estimate of drug-likeness (QED) is 0.486. The molecule has 1 aromatic heterocycles. The molecule has 0 amide bonds. The van der Waals surface area contributed by atoms with Crippen LogP contribution in [0.4, 0.5) is 0 Å². The maximum atomic E-state index is 11.7. The van der Waals surface area contributed by atoms with Crippen LogP contribution in [0.1, 0.15) is 20.7 Å². The normalized spacial score (nSPS) is 10.6. The van der Waals surface area contributed by atoms with E-state index in [1.54, 1.807) is 12.1 Å². The fraction of sp³-hybridized carbons (Fsp3) is 0.154. The van der Waals surface area contributed by atoms with Crippen LogP contribution >= 0.6 is 27.5 Å². The third-order valence-corrected chi connectivity index (χ3v) is 3.36. The molecule has 0 atom stereocenters. The van der Waals surface area contributed by atoms with Crippen LogP contribution in [0, 0.1) is 0 Å². The van der Waals surface area contributed by atoms with Gasteiger partial charge in [0, 0.05) is 22.6 Å². The molecular formula is C13H8BrClO4. The summed E-state index contributed by atoms with van der Waals surface area (Å²) in [4.78, 5) is 34.7. The Hall–Kier alpha value is -1.46. The van der Waals surface area contributed by atoms with Crippen molar-refractivity contribution in [1.29, 1.82) is 0 Å². The van der Waals surface area contributed by atoms with Gasteiger partial charge in [0.25, 0.3) is 0 Å². The van der Waals surface area contributed by atoms with Crippen LogP contribution in [-0.2, 0) is 0 Å². The number of ketones is 2.